The lowest BCUT2D eigenvalue weighted by molar-refractivity contribution is -0.384. The molecule has 0 atom stereocenters. The number of nitrogen functional groups attached to an aromatic ring is 1. The summed E-state index contributed by atoms with van der Waals surface area (Å²) in [5.41, 5.74) is 4.39. The van der Waals surface area contributed by atoms with Gasteiger partial charge < -0.3 is 10.6 Å². The zero-order valence-corrected chi connectivity index (χ0v) is 16.7. The van der Waals surface area contributed by atoms with Crippen molar-refractivity contribution in [1.82, 2.24) is 9.55 Å². The van der Waals surface area contributed by atoms with E-state index in [-0.39, 0.29) is 35.2 Å². The number of benzene rings is 1. The van der Waals surface area contributed by atoms with Crippen molar-refractivity contribution in [1.29, 1.82) is 0 Å². The molecule has 10 heteroatoms. The molecule has 0 unspecified atom stereocenters. The molecule has 2 rings (SSSR count). The highest BCUT2D eigenvalue weighted by Crippen LogP contribution is 2.23. The highest BCUT2D eigenvalue weighted by Gasteiger charge is 2.26. The molecule has 10 nitrogen and oxygen atoms in total. The van der Waals surface area contributed by atoms with Crippen LogP contribution in [0.4, 0.5) is 17.2 Å². The van der Waals surface area contributed by atoms with Crippen molar-refractivity contribution in [2.45, 2.75) is 40.2 Å². The Morgan fingerprint density at radius 3 is 2.62 bits per heavy atom. The second kappa shape index (κ2) is 9.18. The molecule has 0 saturated heterocycles. The molecule has 0 aliphatic heterocycles. The van der Waals surface area contributed by atoms with Crippen LogP contribution >= 0.6 is 0 Å². The fourth-order valence-corrected chi connectivity index (χ4v) is 2.93. The normalized spacial score (nSPS) is 10.9. The molecule has 1 amide bonds. The molecular weight excluding hydrogens is 378 g/mol. The number of nitrogens with one attached hydrogen (secondary N) is 1. The maximum atomic E-state index is 13.2. The number of carbonyl (C=O) groups excluding carboxylic acids is 1. The number of aromatic amines is 1. The van der Waals surface area contributed by atoms with Gasteiger partial charge in [-0.2, -0.15) is 0 Å². The van der Waals surface area contributed by atoms with Gasteiger partial charge >= 0.3 is 5.69 Å². The van der Waals surface area contributed by atoms with Crippen LogP contribution in [0.1, 0.15) is 44.0 Å². The summed E-state index contributed by atoms with van der Waals surface area (Å²) in [4.78, 5) is 51.8. The first-order valence-electron chi connectivity index (χ1n) is 9.36. The van der Waals surface area contributed by atoms with Crippen LogP contribution in [0.25, 0.3) is 0 Å². The number of nitrogens with two attached hydrogens (primary N) is 1. The number of nitrogens with zero attached hydrogens (tertiary/aromatic N) is 3. The number of hydrogen-bond donors (Lipinski definition) is 2. The van der Waals surface area contributed by atoms with Gasteiger partial charge in [0.1, 0.15) is 5.82 Å². The summed E-state index contributed by atoms with van der Waals surface area (Å²) in [6.45, 7) is 6.09. The summed E-state index contributed by atoms with van der Waals surface area (Å²) in [5, 5.41) is 11.1. The van der Waals surface area contributed by atoms with Gasteiger partial charge in [0.2, 0.25) is 0 Å². The zero-order valence-electron chi connectivity index (χ0n) is 16.7. The van der Waals surface area contributed by atoms with Gasteiger partial charge in [-0.05, 0) is 18.4 Å². The molecule has 0 radical (unpaired) electrons. The highest BCUT2D eigenvalue weighted by atomic mass is 16.6. The minimum absolute atomic E-state index is 0.0348. The van der Waals surface area contributed by atoms with Crippen LogP contribution in [0.5, 0.6) is 0 Å². The largest absolute Gasteiger partial charge is 0.383 e. The molecular formula is C19H25N5O5. The van der Waals surface area contributed by atoms with E-state index in [1.165, 1.54) is 27.7 Å². The first kappa shape index (κ1) is 21.9. The van der Waals surface area contributed by atoms with E-state index in [9.17, 15) is 24.5 Å². The van der Waals surface area contributed by atoms with Gasteiger partial charge in [-0.25, -0.2) is 4.79 Å². The number of non-ortho nitro benzene ring substituents is 1. The number of nitro benzene ring substituents is 1. The topological polar surface area (TPSA) is 144 Å². The smallest absolute Gasteiger partial charge is 0.330 e. The van der Waals surface area contributed by atoms with Crippen LogP contribution < -0.4 is 21.9 Å². The number of rotatable bonds is 8. The molecule has 0 aliphatic carbocycles. The number of anilines is 2. The number of amides is 1. The molecule has 0 aliphatic rings. The number of hydrogen-bond acceptors (Lipinski definition) is 6. The quantitative estimate of drug-likeness (QED) is 0.510. The van der Waals surface area contributed by atoms with Crippen molar-refractivity contribution >= 4 is 23.1 Å². The van der Waals surface area contributed by atoms with Crippen molar-refractivity contribution in [3.63, 3.8) is 0 Å². The first-order valence-corrected chi connectivity index (χ1v) is 9.36. The average Bonchev–Trinajstić information content (AvgIpc) is 2.66. The van der Waals surface area contributed by atoms with Crippen LogP contribution in [0, 0.1) is 16.0 Å². The van der Waals surface area contributed by atoms with Crippen molar-refractivity contribution < 1.29 is 9.72 Å². The lowest BCUT2D eigenvalue weighted by Crippen LogP contribution is -2.42. The third-order valence-corrected chi connectivity index (χ3v) is 4.32. The average molecular weight is 403 g/mol. The van der Waals surface area contributed by atoms with E-state index in [0.29, 0.717) is 13.0 Å². The minimum atomic E-state index is -0.778. The Morgan fingerprint density at radius 2 is 2.03 bits per heavy atom. The van der Waals surface area contributed by atoms with Gasteiger partial charge in [0.15, 0.2) is 5.69 Å². The van der Waals surface area contributed by atoms with Gasteiger partial charge in [0.05, 0.1) is 4.92 Å². The predicted molar refractivity (Wildman–Crippen MR) is 110 cm³/mol. The fraction of sp³-hybridized carbons (Fsp3) is 0.421. The molecule has 0 bridgehead atoms. The van der Waals surface area contributed by atoms with Crippen LogP contribution in [0.15, 0.2) is 33.9 Å². The second-order valence-corrected chi connectivity index (χ2v) is 7.12. The van der Waals surface area contributed by atoms with Crippen LogP contribution in [-0.4, -0.2) is 26.9 Å². The lowest BCUT2D eigenvalue weighted by Gasteiger charge is -2.26. The Morgan fingerprint density at radius 1 is 1.34 bits per heavy atom. The summed E-state index contributed by atoms with van der Waals surface area (Å²) in [7, 11) is 0. The van der Waals surface area contributed by atoms with Gasteiger partial charge in [-0.1, -0.05) is 33.3 Å². The van der Waals surface area contributed by atoms with E-state index in [1.807, 2.05) is 20.8 Å². The van der Waals surface area contributed by atoms with E-state index < -0.39 is 22.1 Å². The summed E-state index contributed by atoms with van der Waals surface area (Å²) in [6.07, 6.45) is 1.47. The zero-order chi connectivity index (χ0) is 21.7. The van der Waals surface area contributed by atoms with E-state index in [4.69, 9.17) is 5.73 Å². The van der Waals surface area contributed by atoms with E-state index in [0.717, 1.165) is 12.5 Å². The second-order valence-electron chi connectivity index (χ2n) is 7.12. The van der Waals surface area contributed by atoms with Gasteiger partial charge in [0.25, 0.3) is 17.2 Å². The number of H-pyrrole nitrogens is 1. The van der Waals surface area contributed by atoms with E-state index >= 15 is 0 Å². The van der Waals surface area contributed by atoms with Gasteiger partial charge in [-0.15, -0.1) is 0 Å². The van der Waals surface area contributed by atoms with E-state index in [1.54, 1.807) is 0 Å². The number of carbonyl (C=O) groups is 1. The summed E-state index contributed by atoms with van der Waals surface area (Å²) < 4.78 is 1.23. The summed E-state index contributed by atoms with van der Waals surface area (Å²) >= 11 is 0. The Kier molecular flexibility index (Phi) is 6.92. The van der Waals surface area contributed by atoms with E-state index in [2.05, 4.69) is 4.98 Å². The molecule has 0 spiro atoms. The van der Waals surface area contributed by atoms with Crippen molar-refractivity contribution in [3.05, 3.63) is 60.8 Å². The lowest BCUT2D eigenvalue weighted by atomic mass is 10.1. The minimum Gasteiger partial charge on any atom is -0.383 e. The molecule has 3 N–H and O–H groups in total. The Hall–Kier alpha value is -3.43. The molecule has 1 aromatic carbocycles. The number of unbranched alkanes of at least 4 members (excludes halogenated alkanes) is 1. The molecule has 0 fully saturated rings. The molecule has 0 saturated carbocycles. The molecule has 1 heterocycles. The molecule has 29 heavy (non-hydrogen) atoms. The van der Waals surface area contributed by atoms with Crippen molar-refractivity contribution in [2.75, 3.05) is 17.2 Å². The Bertz CT molecular complexity index is 1020. The fourth-order valence-electron chi connectivity index (χ4n) is 2.93. The van der Waals surface area contributed by atoms with Crippen LogP contribution in [-0.2, 0) is 6.54 Å². The third-order valence-electron chi connectivity index (χ3n) is 4.32. The first-order chi connectivity index (χ1) is 13.7. The molecule has 1 aromatic heterocycles. The standard InChI is InChI=1S/C19H25N5O5/c1-4-5-9-22-16(20)15(17(25)21-19(22)27)23(11-12(2)3)18(26)13-7-6-8-14(10-13)24(28)29/h6-8,10,12H,4-5,9,11,20H2,1-3H3,(H,21,25,27). The van der Waals surface area contributed by atoms with Gasteiger partial charge in [0, 0.05) is 30.8 Å². The van der Waals surface area contributed by atoms with Gasteiger partial charge in [-0.3, -0.25) is 29.3 Å². The Balaban J connectivity index is 2.63. The third kappa shape index (κ3) is 4.89. The maximum absolute atomic E-state index is 13.2. The van der Waals surface area contributed by atoms with Crippen molar-refractivity contribution in [2.24, 2.45) is 5.92 Å². The molecule has 2 aromatic rings. The number of nitro groups is 1. The van der Waals surface area contributed by atoms with Crippen LogP contribution in [0.2, 0.25) is 0 Å². The number of aromatic nitrogens is 2. The Labute approximate surface area is 167 Å². The summed E-state index contributed by atoms with van der Waals surface area (Å²) in [6, 6.07) is 5.25. The summed E-state index contributed by atoms with van der Waals surface area (Å²) in [5.74, 6) is -0.751. The monoisotopic (exact) mass is 403 g/mol. The van der Waals surface area contributed by atoms with Crippen molar-refractivity contribution in [3.8, 4) is 0 Å². The maximum Gasteiger partial charge on any atom is 0.330 e. The molecule has 156 valence electrons. The van der Waals surface area contributed by atoms with Crippen LogP contribution in [0.3, 0.4) is 0 Å². The predicted octanol–water partition coefficient (Wildman–Crippen LogP) is 2.13. The highest BCUT2D eigenvalue weighted by molar-refractivity contribution is 6.07. The SMILES string of the molecule is CCCCn1c(N)c(N(CC(C)C)C(=O)c2cccc([N+](=O)[O-])c2)c(=O)[nH]c1=O.